The van der Waals surface area contributed by atoms with Crippen LogP contribution >= 0.6 is 0 Å². The molecule has 234 valence electrons. The van der Waals surface area contributed by atoms with Crippen molar-refractivity contribution in [3.8, 4) is 17.2 Å². The average molecular weight is 607 g/mol. The Bertz CT molecular complexity index is 1410. The quantitative estimate of drug-likeness (QED) is 0.250. The maximum Gasteiger partial charge on any atom is 0.383 e. The number of hydrogen-bond donors (Lipinski definition) is 1. The topological polar surface area (TPSA) is 183 Å². The molecule has 1 saturated carbocycles. The predicted molar refractivity (Wildman–Crippen MR) is 144 cm³/mol. The fraction of sp³-hybridized carbons (Fsp3) is 0.552. The largest absolute Gasteiger partial charge is 0.504 e. The summed E-state index contributed by atoms with van der Waals surface area (Å²) < 4.78 is 44.3. The molecule has 2 aromatic rings. The molecule has 14 nitrogen and oxygen atoms in total. The highest BCUT2D eigenvalue weighted by molar-refractivity contribution is 5.86. The number of benzene rings is 1. The van der Waals surface area contributed by atoms with Crippen molar-refractivity contribution in [2.24, 2.45) is 0 Å². The summed E-state index contributed by atoms with van der Waals surface area (Å²) >= 11 is 0. The van der Waals surface area contributed by atoms with E-state index in [0.29, 0.717) is 0 Å². The summed E-state index contributed by atoms with van der Waals surface area (Å²) in [6.45, 7) is 4.05. The molecule has 1 N–H and O–H groups in total. The minimum atomic E-state index is -1.49. The third-order valence-electron chi connectivity index (χ3n) is 6.85. The number of carbonyl (C=O) groups is 4. The lowest BCUT2D eigenvalue weighted by Gasteiger charge is -2.43. The zero-order valence-corrected chi connectivity index (χ0v) is 24.2. The molecule has 1 aliphatic heterocycles. The van der Waals surface area contributed by atoms with Crippen LogP contribution in [0, 0.1) is 0 Å². The lowest BCUT2D eigenvalue weighted by molar-refractivity contribution is -0.288. The van der Waals surface area contributed by atoms with Crippen LogP contribution in [0.2, 0.25) is 0 Å². The highest BCUT2D eigenvalue weighted by Crippen LogP contribution is 2.36. The van der Waals surface area contributed by atoms with Gasteiger partial charge in [-0.2, -0.15) is 0 Å². The van der Waals surface area contributed by atoms with Crippen molar-refractivity contribution < 1.29 is 61.9 Å². The Balaban J connectivity index is 1.67. The molecule has 0 spiro atoms. The Hall–Kier alpha value is -4.33. The first-order valence-corrected chi connectivity index (χ1v) is 13.9. The second kappa shape index (κ2) is 13.8. The number of esters is 4. The van der Waals surface area contributed by atoms with Crippen LogP contribution in [-0.2, 0) is 42.9 Å². The molecular formula is C29H34O14. The van der Waals surface area contributed by atoms with Crippen LogP contribution in [-0.4, -0.2) is 72.4 Å². The average Bonchev–Trinajstić information content (AvgIpc) is 2.93. The van der Waals surface area contributed by atoms with Gasteiger partial charge in [0.2, 0.25) is 18.1 Å². The summed E-state index contributed by atoms with van der Waals surface area (Å²) in [6.07, 6.45) is -2.60. The molecule has 5 atom stereocenters. The van der Waals surface area contributed by atoms with Gasteiger partial charge in [-0.05, 0) is 37.8 Å². The van der Waals surface area contributed by atoms with E-state index in [0.717, 1.165) is 59.8 Å². The maximum atomic E-state index is 12.7. The SMILES string of the molecule is CC(=O)OC[C@H]1O[C@@H](Oc2ccc3c(O)c(OC4CCCCC4)c(=O)oc3c2)[C@H](OC(C)=O)[C@@H](OC(C)=O)[C@@H]1OC(C)=O. The molecule has 1 saturated heterocycles. The highest BCUT2D eigenvalue weighted by Gasteiger charge is 2.53. The molecule has 2 heterocycles. The second-order valence-electron chi connectivity index (χ2n) is 10.3. The molecule has 4 rings (SSSR count). The Morgan fingerprint density at radius 1 is 0.837 bits per heavy atom. The standard InChI is InChI=1S/C29H34O14/c1-14(30)36-13-22-24(37-15(2)31)26(38-16(3)32)27(39-17(4)33)29(43-22)41-19-10-11-20-21(12-19)42-28(35)25(23(20)34)40-18-8-6-5-7-9-18/h10-12,18,22,24,26-27,29,34H,5-9,13H2,1-4H3/t22-,24-,26+,27-,29-/m1/s1. The van der Waals surface area contributed by atoms with Crippen LogP contribution in [0.3, 0.4) is 0 Å². The minimum absolute atomic E-state index is 0.0388. The molecule has 1 aliphatic carbocycles. The van der Waals surface area contributed by atoms with Gasteiger partial charge in [-0.15, -0.1) is 0 Å². The van der Waals surface area contributed by atoms with Crippen molar-refractivity contribution in [2.45, 2.75) is 96.6 Å². The van der Waals surface area contributed by atoms with Gasteiger partial charge in [0.05, 0.1) is 11.5 Å². The Morgan fingerprint density at radius 3 is 2.09 bits per heavy atom. The molecule has 0 bridgehead atoms. The monoisotopic (exact) mass is 606 g/mol. The second-order valence-corrected chi connectivity index (χ2v) is 10.3. The lowest BCUT2D eigenvalue weighted by Crippen LogP contribution is -2.63. The number of rotatable bonds is 9. The summed E-state index contributed by atoms with van der Waals surface area (Å²) in [7, 11) is 0. The first-order chi connectivity index (χ1) is 20.4. The van der Waals surface area contributed by atoms with E-state index in [4.69, 9.17) is 37.6 Å². The van der Waals surface area contributed by atoms with Crippen LogP contribution in [0.4, 0.5) is 0 Å². The third-order valence-corrected chi connectivity index (χ3v) is 6.85. The summed E-state index contributed by atoms with van der Waals surface area (Å²) in [4.78, 5) is 60.3. The van der Waals surface area contributed by atoms with Gasteiger partial charge >= 0.3 is 29.5 Å². The first kappa shape index (κ1) is 31.6. The Kier molecular flexibility index (Phi) is 10.1. The molecule has 0 unspecified atom stereocenters. The van der Waals surface area contributed by atoms with Crippen LogP contribution in [0.15, 0.2) is 27.4 Å². The van der Waals surface area contributed by atoms with Crippen LogP contribution in [0.25, 0.3) is 11.0 Å². The van der Waals surface area contributed by atoms with Crippen molar-refractivity contribution in [3.05, 3.63) is 28.6 Å². The molecule has 14 heteroatoms. The predicted octanol–water partition coefficient (Wildman–Crippen LogP) is 2.67. The summed E-state index contributed by atoms with van der Waals surface area (Å²) in [6, 6.07) is 4.16. The molecule has 0 amide bonds. The van der Waals surface area contributed by atoms with Crippen LogP contribution < -0.4 is 15.1 Å². The van der Waals surface area contributed by atoms with E-state index in [1.54, 1.807) is 0 Å². The summed E-state index contributed by atoms with van der Waals surface area (Å²) in [5, 5.41) is 11.0. The van der Waals surface area contributed by atoms with E-state index in [1.165, 1.54) is 18.2 Å². The smallest absolute Gasteiger partial charge is 0.383 e. The van der Waals surface area contributed by atoms with Gasteiger partial charge in [0.1, 0.15) is 24.0 Å². The zero-order chi connectivity index (χ0) is 31.3. The summed E-state index contributed by atoms with van der Waals surface area (Å²) in [5.74, 6) is -3.62. The molecule has 43 heavy (non-hydrogen) atoms. The van der Waals surface area contributed by atoms with E-state index < -0.39 is 66.8 Å². The minimum Gasteiger partial charge on any atom is -0.504 e. The van der Waals surface area contributed by atoms with Gasteiger partial charge in [0.25, 0.3) is 0 Å². The van der Waals surface area contributed by atoms with Gasteiger partial charge < -0.3 is 42.7 Å². The fourth-order valence-electron chi connectivity index (χ4n) is 5.09. The number of ether oxygens (including phenoxy) is 7. The molecule has 1 aromatic carbocycles. The summed E-state index contributed by atoms with van der Waals surface area (Å²) in [5.41, 5.74) is -0.915. The van der Waals surface area contributed by atoms with E-state index >= 15 is 0 Å². The van der Waals surface area contributed by atoms with Crippen molar-refractivity contribution >= 4 is 34.8 Å². The van der Waals surface area contributed by atoms with E-state index in [-0.39, 0.29) is 34.3 Å². The fourth-order valence-corrected chi connectivity index (χ4v) is 5.09. The third kappa shape index (κ3) is 7.95. The van der Waals surface area contributed by atoms with Crippen LogP contribution in [0.1, 0.15) is 59.8 Å². The number of carbonyl (C=O) groups excluding carboxylic acids is 4. The lowest BCUT2D eigenvalue weighted by atomic mass is 9.98. The van der Waals surface area contributed by atoms with E-state index in [9.17, 15) is 29.1 Å². The maximum absolute atomic E-state index is 12.7. The number of fused-ring (bicyclic) bond motifs is 1. The number of aromatic hydroxyl groups is 1. The molecule has 2 fully saturated rings. The molecular weight excluding hydrogens is 572 g/mol. The Morgan fingerprint density at radius 2 is 1.47 bits per heavy atom. The normalized spacial score (nSPS) is 24.0. The highest BCUT2D eigenvalue weighted by atomic mass is 16.7. The molecule has 2 aliphatic rings. The van der Waals surface area contributed by atoms with Gasteiger partial charge in [-0.1, -0.05) is 6.42 Å². The van der Waals surface area contributed by atoms with Crippen molar-refractivity contribution in [3.63, 3.8) is 0 Å². The van der Waals surface area contributed by atoms with Gasteiger partial charge in [0.15, 0.2) is 18.0 Å². The van der Waals surface area contributed by atoms with Gasteiger partial charge in [-0.25, -0.2) is 4.79 Å². The number of hydrogen-bond acceptors (Lipinski definition) is 14. The Labute approximate surface area is 246 Å². The van der Waals surface area contributed by atoms with Crippen molar-refractivity contribution in [1.82, 2.24) is 0 Å². The van der Waals surface area contributed by atoms with Gasteiger partial charge in [-0.3, -0.25) is 19.2 Å². The van der Waals surface area contributed by atoms with Crippen molar-refractivity contribution in [1.29, 1.82) is 0 Å². The molecule has 1 aromatic heterocycles. The molecule has 0 radical (unpaired) electrons. The van der Waals surface area contributed by atoms with Crippen molar-refractivity contribution in [2.75, 3.05) is 6.61 Å². The van der Waals surface area contributed by atoms with E-state index in [2.05, 4.69) is 0 Å². The van der Waals surface area contributed by atoms with E-state index in [1.807, 2.05) is 0 Å². The van der Waals surface area contributed by atoms with Crippen LogP contribution in [0.5, 0.6) is 17.2 Å². The van der Waals surface area contributed by atoms with Gasteiger partial charge in [0, 0.05) is 33.8 Å². The zero-order valence-electron chi connectivity index (χ0n) is 24.2. The first-order valence-electron chi connectivity index (χ1n) is 13.9.